The van der Waals surface area contributed by atoms with E-state index in [-0.39, 0.29) is 5.91 Å². The van der Waals surface area contributed by atoms with Crippen LogP contribution < -0.4 is 5.32 Å². The largest absolute Gasteiger partial charge is 0.352 e. The van der Waals surface area contributed by atoms with E-state index in [0.717, 1.165) is 17.7 Å². The Morgan fingerprint density at radius 1 is 1.69 bits per heavy atom. The maximum atomic E-state index is 11.5. The third-order valence-corrected chi connectivity index (χ3v) is 3.45. The maximum absolute atomic E-state index is 11.5. The van der Waals surface area contributed by atoms with Gasteiger partial charge in [0.25, 0.3) is 0 Å². The third kappa shape index (κ3) is 2.23. The van der Waals surface area contributed by atoms with Crippen LogP contribution in [0.15, 0.2) is 17.5 Å². The number of thiophene rings is 1. The lowest BCUT2D eigenvalue weighted by molar-refractivity contribution is -0.120. The van der Waals surface area contributed by atoms with Crippen molar-refractivity contribution in [1.82, 2.24) is 5.32 Å². The van der Waals surface area contributed by atoms with Crippen molar-refractivity contribution in [2.45, 2.75) is 24.3 Å². The maximum Gasteiger partial charge on any atom is 0.243 e. The van der Waals surface area contributed by atoms with Crippen LogP contribution in [0.1, 0.15) is 23.1 Å². The number of amides is 1. The van der Waals surface area contributed by atoms with Gasteiger partial charge in [0, 0.05) is 10.9 Å². The number of alkyl halides is 1. The number of nitrogens with one attached hydrogen (secondary N) is 1. The molecule has 2 rings (SSSR count). The van der Waals surface area contributed by atoms with Crippen molar-refractivity contribution in [2.75, 3.05) is 0 Å². The van der Waals surface area contributed by atoms with Crippen LogP contribution in [-0.4, -0.2) is 11.9 Å². The minimum absolute atomic E-state index is 0.0633. The van der Waals surface area contributed by atoms with Gasteiger partial charge in [-0.2, -0.15) is 0 Å². The summed E-state index contributed by atoms with van der Waals surface area (Å²) in [5, 5.41) is 4.29. The van der Waals surface area contributed by atoms with Crippen LogP contribution in [0, 0.1) is 0 Å². The number of carbonyl (C=O) groups is 1. The Bertz CT molecular complexity index is 295. The van der Waals surface area contributed by atoms with Gasteiger partial charge in [-0.05, 0) is 24.3 Å². The molecule has 1 unspecified atom stereocenters. The Morgan fingerprint density at radius 3 is 3.00 bits per heavy atom. The summed E-state index contributed by atoms with van der Waals surface area (Å²) in [5.41, 5.74) is 0. The molecule has 1 fully saturated rings. The molecule has 1 aromatic heterocycles. The molecule has 0 aromatic carbocycles. The summed E-state index contributed by atoms with van der Waals surface area (Å²) in [6.45, 7) is 0. The lowest BCUT2D eigenvalue weighted by Crippen LogP contribution is -2.28. The molecule has 70 valence electrons. The van der Waals surface area contributed by atoms with Gasteiger partial charge in [0.1, 0.15) is 5.38 Å². The molecule has 0 saturated heterocycles. The van der Waals surface area contributed by atoms with E-state index in [4.69, 9.17) is 11.6 Å². The molecule has 1 atom stereocenters. The van der Waals surface area contributed by atoms with E-state index in [0.29, 0.717) is 6.04 Å². The SMILES string of the molecule is O=C(NC1CC1)C(Cl)c1cccs1. The van der Waals surface area contributed by atoms with Gasteiger partial charge in [0.15, 0.2) is 0 Å². The molecule has 1 saturated carbocycles. The van der Waals surface area contributed by atoms with E-state index < -0.39 is 5.38 Å². The minimum atomic E-state index is -0.513. The van der Waals surface area contributed by atoms with Crippen LogP contribution in [-0.2, 0) is 4.79 Å². The first-order chi connectivity index (χ1) is 6.27. The number of rotatable bonds is 3. The van der Waals surface area contributed by atoms with Crippen molar-refractivity contribution in [3.8, 4) is 0 Å². The summed E-state index contributed by atoms with van der Waals surface area (Å²) in [7, 11) is 0. The third-order valence-electron chi connectivity index (χ3n) is 1.95. The average Bonchev–Trinajstić information content (AvgIpc) is 2.78. The van der Waals surface area contributed by atoms with Crippen LogP contribution in [0.3, 0.4) is 0 Å². The fourth-order valence-electron chi connectivity index (χ4n) is 1.07. The highest BCUT2D eigenvalue weighted by atomic mass is 35.5. The summed E-state index contributed by atoms with van der Waals surface area (Å²) < 4.78 is 0. The fraction of sp³-hybridized carbons (Fsp3) is 0.444. The molecule has 1 N–H and O–H groups in total. The Labute approximate surface area is 85.9 Å². The van der Waals surface area contributed by atoms with Crippen LogP contribution in [0.25, 0.3) is 0 Å². The van der Waals surface area contributed by atoms with Gasteiger partial charge < -0.3 is 5.32 Å². The zero-order valence-electron chi connectivity index (χ0n) is 7.00. The topological polar surface area (TPSA) is 29.1 Å². The number of carbonyl (C=O) groups excluding carboxylic acids is 1. The highest BCUT2D eigenvalue weighted by Gasteiger charge is 2.27. The molecule has 0 bridgehead atoms. The van der Waals surface area contributed by atoms with Gasteiger partial charge in [0.2, 0.25) is 5.91 Å². The summed E-state index contributed by atoms with van der Waals surface area (Å²) >= 11 is 7.48. The van der Waals surface area contributed by atoms with Crippen LogP contribution in [0.4, 0.5) is 0 Å². The van der Waals surface area contributed by atoms with Gasteiger partial charge in [-0.15, -0.1) is 22.9 Å². The molecule has 1 aliphatic rings. The second-order valence-electron chi connectivity index (χ2n) is 3.16. The number of hydrogen-bond acceptors (Lipinski definition) is 2. The van der Waals surface area contributed by atoms with Crippen molar-refractivity contribution in [1.29, 1.82) is 0 Å². The predicted octanol–water partition coefficient (Wildman–Crippen LogP) is 2.31. The zero-order chi connectivity index (χ0) is 9.26. The van der Waals surface area contributed by atoms with E-state index >= 15 is 0 Å². The Balaban J connectivity index is 1.95. The van der Waals surface area contributed by atoms with E-state index in [1.165, 1.54) is 11.3 Å². The first kappa shape index (κ1) is 9.03. The highest BCUT2D eigenvalue weighted by molar-refractivity contribution is 7.10. The second kappa shape index (κ2) is 3.68. The Hall–Kier alpha value is -0.540. The van der Waals surface area contributed by atoms with Gasteiger partial charge in [-0.25, -0.2) is 0 Å². The second-order valence-corrected chi connectivity index (χ2v) is 4.58. The molecule has 0 spiro atoms. The van der Waals surface area contributed by atoms with E-state index in [9.17, 15) is 4.79 Å². The summed E-state index contributed by atoms with van der Waals surface area (Å²) in [6.07, 6.45) is 2.19. The molecule has 4 heteroatoms. The summed E-state index contributed by atoms with van der Waals surface area (Å²) in [4.78, 5) is 12.4. The van der Waals surface area contributed by atoms with E-state index in [2.05, 4.69) is 5.32 Å². The number of halogens is 1. The average molecular weight is 216 g/mol. The van der Waals surface area contributed by atoms with Crippen LogP contribution in [0.5, 0.6) is 0 Å². The smallest absolute Gasteiger partial charge is 0.243 e. The molecule has 1 heterocycles. The molecule has 2 nitrogen and oxygen atoms in total. The predicted molar refractivity (Wildman–Crippen MR) is 54.1 cm³/mol. The quantitative estimate of drug-likeness (QED) is 0.771. The van der Waals surface area contributed by atoms with Gasteiger partial charge in [0.05, 0.1) is 0 Å². The fourth-order valence-corrected chi connectivity index (χ4v) is 2.05. The molecule has 1 aromatic rings. The van der Waals surface area contributed by atoms with Gasteiger partial charge >= 0.3 is 0 Å². The summed E-state index contributed by atoms with van der Waals surface area (Å²) in [5.74, 6) is -0.0633. The minimum Gasteiger partial charge on any atom is -0.352 e. The van der Waals surface area contributed by atoms with Crippen molar-refractivity contribution in [3.05, 3.63) is 22.4 Å². The molecule has 1 amide bonds. The molecular formula is C9H10ClNOS. The van der Waals surface area contributed by atoms with Gasteiger partial charge in [-0.3, -0.25) is 4.79 Å². The molecule has 0 aliphatic heterocycles. The highest BCUT2D eigenvalue weighted by Crippen LogP contribution is 2.27. The molecule has 13 heavy (non-hydrogen) atoms. The molecule has 1 aliphatic carbocycles. The monoisotopic (exact) mass is 215 g/mol. The van der Waals surface area contributed by atoms with Gasteiger partial charge in [-0.1, -0.05) is 6.07 Å². The lowest BCUT2D eigenvalue weighted by atomic mass is 10.3. The van der Waals surface area contributed by atoms with Crippen molar-refractivity contribution < 1.29 is 4.79 Å². The van der Waals surface area contributed by atoms with E-state index in [1.807, 2.05) is 17.5 Å². The first-order valence-corrected chi connectivity index (χ1v) is 5.57. The Kier molecular flexibility index (Phi) is 2.56. The van der Waals surface area contributed by atoms with E-state index in [1.54, 1.807) is 0 Å². The standard InChI is InChI=1S/C9H10ClNOS/c10-8(7-2-1-5-13-7)9(12)11-6-3-4-6/h1-2,5-6,8H,3-4H2,(H,11,12). The molecule has 0 radical (unpaired) electrons. The van der Waals surface area contributed by atoms with Crippen molar-refractivity contribution >= 4 is 28.8 Å². The van der Waals surface area contributed by atoms with Crippen molar-refractivity contribution in [3.63, 3.8) is 0 Å². The first-order valence-electron chi connectivity index (χ1n) is 4.25. The molecular weight excluding hydrogens is 206 g/mol. The lowest BCUT2D eigenvalue weighted by Gasteiger charge is -2.07. The zero-order valence-corrected chi connectivity index (χ0v) is 8.57. The van der Waals surface area contributed by atoms with Crippen LogP contribution in [0.2, 0.25) is 0 Å². The normalized spacial score (nSPS) is 18.2. The summed E-state index contributed by atoms with van der Waals surface area (Å²) in [6, 6.07) is 4.17. The Morgan fingerprint density at radius 2 is 2.46 bits per heavy atom. The number of hydrogen-bond donors (Lipinski definition) is 1. The van der Waals surface area contributed by atoms with Crippen LogP contribution >= 0.6 is 22.9 Å². The van der Waals surface area contributed by atoms with Crippen molar-refractivity contribution in [2.24, 2.45) is 0 Å².